The third kappa shape index (κ3) is 2.89. The van der Waals surface area contributed by atoms with Gasteiger partial charge in [-0.1, -0.05) is 30.4 Å². The molecule has 0 aliphatic rings. The molecular weight excluding hydrogens is 134 g/mol. The standard InChI is InChI=1S/C10H12N/c1-9(2)8-11-10-6-4-3-5-7-10/h3-6,11H,1,8H2,2H3. The molecule has 0 unspecified atom stereocenters. The fourth-order valence-electron chi connectivity index (χ4n) is 0.749. The lowest BCUT2D eigenvalue weighted by atomic mass is 10.3. The van der Waals surface area contributed by atoms with Gasteiger partial charge in [0.2, 0.25) is 0 Å². The van der Waals surface area contributed by atoms with E-state index in [2.05, 4.69) is 18.0 Å². The molecule has 0 saturated carbocycles. The van der Waals surface area contributed by atoms with Gasteiger partial charge in [0, 0.05) is 18.3 Å². The Labute approximate surface area is 67.8 Å². The van der Waals surface area contributed by atoms with E-state index in [0.29, 0.717) is 0 Å². The van der Waals surface area contributed by atoms with Gasteiger partial charge in [0.05, 0.1) is 0 Å². The molecule has 1 nitrogen and oxygen atoms in total. The van der Waals surface area contributed by atoms with Gasteiger partial charge in [0.15, 0.2) is 0 Å². The first kappa shape index (κ1) is 7.86. The van der Waals surface area contributed by atoms with E-state index in [4.69, 9.17) is 0 Å². The first-order valence-electron chi connectivity index (χ1n) is 3.64. The fourth-order valence-corrected chi connectivity index (χ4v) is 0.749. The van der Waals surface area contributed by atoms with Crippen molar-refractivity contribution in [1.29, 1.82) is 0 Å². The van der Waals surface area contributed by atoms with E-state index >= 15 is 0 Å². The minimum Gasteiger partial charge on any atom is -0.381 e. The highest BCUT2D eigenvalue weighted by molar-refractivity contribution is 5.42. The van der Waals surface area contributed by atoms with Crippen molar-refractivity contribution in [2.24, 2.45) is 0 Å². The van der Waals surface area contributed by atoms with Gasteiger partial charge in [-0.15, -0.1) is 0 Å². The maximum atomic E-state index is 3.79. The summed E-state index contributed by atoms with van der Waals surface area (Å²) >= 11 is 0. The third-order valence-corrected chi connectivity index (χ3v) is 1.29. The zero-order chi connectivity index (χ0) is 8.10. The van der Waals surface area contributed by atoms with Crippen LogP contribution in [0.25, 0.3) is 0 Å². The molecule has 1 heteroatoms. The van der Waals surface area contributed by atoms with E-state index < -0.39 is 0 Å². The molecule has 11 heavy (non-hydrogen) atoms. The lowest BCUT2D eigenvalue weighted by Crippen LogP contribution is -2.01. The summed E-state index contributed by atoms with van der Waals surface area (Å²) in [6, 6.07) is 10.9. The van der Waals surface area contributed by atoms with Gasteiger partial charge in [-0.2, -0.15) is 0 Å². The summed E-state index contributed by atoms with van der Waals surface area (Å²) in [4.78, 5) is 0. The zero-order valence-corrected chi connectivity index (χ0v) is 6.72. The monoisotopic (exact) mass is 146 g/mol. The zero-order valence-electron chi connectivity index (χ0n) is 6.72. The van der Waals surface area contributed by atoms with Crippen LogP contribution >= 0.6 is 0 Å². The number of nitrogens with one attached hydrogen (secondary N) is 1. The Bertz CT molecular complexity index is 226. The Morgan fingerprint density at radius 1 is 1.64 bits per heavy atom. The van der Waals surface area contributed by atoms with E-state index in [1.54, 1.807) is 0 Å². The maximum Gasteiger partial charge on any atom is 0.0423 e. The van der Waals surface area contributed by atoms with Crippen LogP contribution in [0.3, 0.4) is 0 Å². The van der Waals surface area contributed by atoms with Gasteiger partial charge in [-0.25, -0.2) is 0 Å². The van der Waals surface area contributed by atoms with Crippen molar-refractivity contribution < 1.29 is 0 Å². The highest BCUT2D eigenvalue weighted by Gasteiger charge is 1.87. The minimum absolute atomic E-state index is 0.820. The molecule has 0 bridgehead atoms. The van der Waals surface area contributed by atoms with E-state index in [9.17, 15) is 0 Å². The topological polar surface area (TPSA) is 12.0 Å². The van der Waals surface area contributed by atoms with E-state index in [0.717, 1.165) is 17.8 Å². The molecule has 0 saturated heterocycles. The van der Waals surface area contributed by atoms with Gasteiger partial charge in [-0.05, 0) is 13.0 Å². The summed E-state index contributed by atoms with van der Waals surface area (Å²) in [5.41, 5.74) is 2.15. The molecule has 0 heterocycles. The molecule has 0 atom stereocenters. The van der Waals surface area contributed by atoms with Gasteiger partial charge in [-0.3, -0.25) is 0 Å². The second-order valence-corrected chi connectivity index (χ2v) is 2.59. The van der Waals surface area contributed by atoms with Crippen molar-refractivity contribution in [3.8, 4) is 0 Å². The number of benzene rings is 1. The first-order chi connectivity index (χ1) is 5.29. The Morgan fingerprint density at radius 3 is 3.00 bits per heavy atom. The van der Waals surface area contributed by atoms with Crippen molar-refractivity contribution in [1.82, 2.24) is 0 Å². The second-order valence-electron chi connectivity index (χ2n) is 2.59. The number of rotatable bonds is 3. The van der Waals surface area contributed by atoms with Gasteiger partial charge in [0.25, 0.3) is 0 Å². The minimum atomic E-state index is 0.820. The van der Waals surface area contributed by atoms with E-state index in [-0.39, 0.29) is 0 Å². The molecule has 1 N–H and O–H groups in total. The number of hydrogen-bond acceptors (Lipinski definition) is 1. The number of anilines is 1. The van der Waals surface area contributed by atoms with Crippen molar-refractivity contribution in [2.75, 3.05) is 11.9 Å². The number of hydrogen-bond donors (Lipinski definition) is 1. The third-order valence-electron chi connectivity index (χ3n) is 1.29. The summed E-state index contributed by atoms with van der Waals surface area (Å²) in [6.07, 6.45) is 0. The Morgan fingerprint density at radius 2 is 2.45 bits per heavy atom. The van der Waals surface area contributed by atoms with Crippen LogP contribution in [0, 0.1) is 6.07 Å². The summed E-state index contributed by atoms with van der Waals surface area (Å²) in [5, 5.41) is 3.19. The van der Waals surface area contributed by atoms with Crippen LogP contribution in [0.15, 0.2) is 36.4 Å². The normalized spacial score (nSPS) is 9.18. The lowest BCUT2D eigenvalue weighted by Gasteiger charge is -2.03. The van der Waals surface area contributed by atoms with E-state index in [1.165, 1.54) is 0 Å². The highest BCUT2D eigenvalue weighted by Crippen LogP contribution is 2.03. The Hall–Kier alpha value is -1.24. The van der Waals surface area contributed by atoms with Crippen LogP contribution in [0.5, 0.6) is 0 Å². The second kappa shape index (κ2) is 3.81. The molecule has 0 aliphatic heterocycles. The predicted octanol–water partition coefficient (Wildman–Crippen LogP) is 2.47. The first-order valence-corrected chi connectivity index (χ1v) is 3.64. The van der Waals surface area contributed by atoms with Crippen LogP contribution in [0.4, 0.5) is 5.69 Å². The maximum absolute atomic E-state index is 3.79. The summed E-state index contributed by atoms with van der Waals surface area (Å²) in [6.45, 7) is 6.61. The Balaban J connectivity index is 2.45. The molecule has 0 fully saturated rings. The molecule has 1 aromatic rings. The smallest absolute Gasteiger partial charge is 0.0423 e. The fraction of sp³-hybridized carbons (Fsp3) is 0.200. The SMILES string of the molecule is C=C(C)CNc1[c]cccc1. The number of para-hydroxylation sites is 1. The summed E-state index contributed by atoms with van der Waals surface area (Å²) < 4.78 is 0. The van der Waals surface area contributed by atoms with Crippen LogP contribution in [0.1, 0.15) is 6.92 Å². The molecule has 0 spiro atoms. The van der Waals surface area contributed by atoms with Crippen molar-refractivity contribution in [3.63, 3.8) is 0 Å². The van der Waals surface area contributed by atoms with Crippen LogP contribution in [-0.4, -0.2) is 6.54 Å². The van der Waals surface area contributed by atoms with Crippen LogP contribution < -0.4 is 5.32 Å². The summed E-state index contributed by atoms with van der Waals surface area (Å²) in [7, 11) is 0. The Kier molecular flexibility index (Phi) is 2.73. The average Bonchev–Trinajstić information content (AvgIpc) is 2.03. The van der Waals surface area contributed by atoms with Gasteiger partial charge in [0.1, 0.15) is 0 Å². The van der Waals surface area contributed by atoms with Gasteiger partial charge < -0.3 is 5.32 Å². The molecule has 0 aliphatic carbocycles. The van der Waals surface area contributed by atoms with Gasteiger partial charge >= 0.3 is 0 Å². The lowest BCUT2D eigenvalue weighted by molar-refractivity contribution is 1.22. The van der Waals surface area contributed by atoms with Crippen molar-refractivity contribution in [3.05, 3.63) is 42.5 Å². The molecule has 0 amide bonds. The van der Waals surface area contributed by atoms with Crippen LogP contribution in [-0.2, 0) is 0 Å². The van der Waals surface area contributed by atoms with Crippen LogP contribution in [0.2, 0.25) is 0 Å². The summed E-state index contributed by atoms with van der Waals surface area (Å²) in [5.74, 6) is 0. The molecule has 1 rings (SSSR count). The largest absolute Gasteiger partial charge is 0.381 e. The predicted molar refractivity (Wildman–Crippen MR) is 48.6 cm³/mol. The quantitative estimate of drug-likeness (QED) is 0.646. The van der Waals surface area contributed by atoms with E-state index in [1.807, 2.05) is 31.2 Å². The van der Waals surface area contributed by atoms with Crippen molar-refractivity contribution in [2.45, 2.75) is 6.92 Å². The van der Waals surface area contributed by atoms with Crippen molar-refractivity contribution >= 4 is 5.69 Å². The average molecular weight is 146 g/mol. The molecular formula is C10H12N. The highest BCUT2D eigenvalue weighted by atomic mass is 14.9. The molecule has 1 aromatic carbocycles. The molecule has 0 aromatic heterocycles. The molecule has 1 radical (unpaired) electrons. The molecule has 57 valence electrons.